The lowest BCUT2D eigenvalue weighted by Gasteiger charge is -2.29. The van der Waals surface area contributed by atoms with Gasteiger partial charge in [0.2, 0.25) is 12.7 Å². The van der Waals surface area contributed by atoms with Gasteiger partial charge in [0.05, 0.1) is 26.2 Å². The predicted molar refractivity (Wildman–Crippen MR) is 151 cm³/mol. The van der Waals surface area contributed by atoms with Gasteiger partial charge in [0.1, 0.15) is 0 Å². The van der Waals surface area contributed by atoms with E-state index in [2.05, 4.69) is 13.8 Å². The van der Waals surface area contributed by atoms with Gasteiger partial charge < -0.3 is 29.0 Å². The highest BCUT2D eigenvalue weighted by molar-refractivity contribution is 5.79. The number of fused-ring (bicyclic) bond motifs is 1. The van der Waals surface area contributed by atoms with Gasteiger partial charge in [-0.05, 0) is 49.1 Å². The Hall–Kier alpha value is -3.46. The van der Waals surface area contributed by atoms with Gasteiger partial charge in [-0.1, -0.05) is 44.9 Å². The largest absolute Gasteiger partial charge is 0.493 e. The van der Waals surface area contributed by atoms with Gasteiger partial charge in [-0.3, -0.25) is 14.5 Å². The monoisotopic (exact) mass is 554 g/mol. The number of hydrogen-bond donors (Lipinski definition) is 1. The van der Waals surface area contributed by atoms with Crippen molar-refractivity contribution in [1.29, 1.82) is 0 Å². The van der Waals surface area contributed by atoms with E-state index in [0.29, 0.717) is 42.6 Å². The van der Waals surface area contributed by atoms with Gasteiger partial charge in [0.15, 0.2) is 23.0 Å². The third-order valence-electron chi connectivity index (χ3n) is 7.85. The Kier molecular flexibility index (Phi) is 10.5. The molecule has 1 unspecified atom stereocenters. The van der Waals surface area contributed by atoms with Crippen LogP contribution >= 0.6 is 0 Å². The molecule has 1 fully saturated rings. The summed E-state index contributed by atoms with van der Waals surface area (Å²) in [7, 11) is 1.59. The first kappa shape index (κ1) is 29.5. The molecule has 0 aromatic heterocycles. The molecule has 9 heteroatoms. The van der Waals surface area contributed by atoms with Crippen LogP contribution in [0, 0.1) is 5.92 Å². The molecule has 2 aromatic carbocycles. The summed E-state index contributed by atoms with van der Waals surface area (Å²) in [5, 5.41) is 10.5. The quantitative estimate of drug-likeness (QED) is 0.336. The van der Waals surface area contributed by atoms with Gasteiger partial charge in [-0.25, -0.2) is 0 Å². The van der Waals surface area contributed by atoms with Crippen LogP contribution in [0.25, 0.3) is 0 Å². The second-order valence-electron chi connectivity index (χ2n) is 10.5. The van der Waals surface area contributed by atoms with E-state index in [1.807, 2.05) is 52.3 Å². The Bertz CT molecular complexity index is 1130. The molecule has 4 rings (SSSR count). The summed E-state index contributed by atoms with van der Waals surface area (Å²) >= 11 is 0. The number of rotatable bonds is 15. The molecule has 1 N–H and O–H groups in total. The summed E-state index contributed by atoms with van der Waals surface area (Å²) in [6, 6.07) is 12.6. The Balaban J connectivity index is 1.57. The fourth-order valence-electron chi connectivity index (χ4n) is 5.69. The topological polar surface area (TPSA) is 97.8 Å². The van der Waals surface area contributed by atoms with Gasteiger partial charge in [-0.15, -0.1) is 0 Å². The average molecular weight is 555 g/mol. The first-order valence-electron chi connectivity index (χ1n) is 14.4. The van der Waals surface area contributed by atoms with Crippen molar-refractivity contribution in [3.8, 4) is 23.0 Å². The SMILES string of the molecule is CCCCN(CCCC)C(=O)CN1C[C@H](c2ccc3c(c2)OCO3)C(C(=O)O)[C@@H]1CCOc1ccccc1OC. The highest BCUT2D eigenvalue weighted by atomic mass is 16.7. The zero-order chi connectivity index (χ0) is 28.5. The Morgan fingerprint density at radius 2 is 1.73 bits per heavy atom. The molecule has 1 amide bonds. The fraction of sp³-hybridized carbons (Fsp3) is 0.548. The van der Waals surface area contributed by atoms with E-state index in [4.69, 9.17) is 18.9 Å². The van der Waals surface area contributed by atoms with Crippen LogP contribution in [0.15, 0.2) is 42.5 Å². The number of carbonyl (C=O) groups excluding carboxylic acids is 1. The molecule has 0 spiro atoms. The number of amides is 1. The Morgan fingerprint density at radius 3 is 2.40 bits per heavy atom. The van der Waals surface area contributed by atoms with E-state index < -0.39 is 11.9 Å². The number of ether oxygens (including phenoxy) is 4. The summed E-state index contributed by atoms with van der Waals surface area (Å²) in [6.07, 6.45) is 4.37. The first-order chi connectivity index (χ1) is 19.5. The number of aliphatic carboxylic acids is 1. The summed E-state index contributed by atoms with van der Waals surface area (Å²) in [5.74, 6) is 0.653. The molecule has 2 aromatic rings. The Labute approximate surface area is 237 Å². The maximum atomic E-state index is 13.6. The van der Waals surface area contributed by atoms with Gasteiger partial charge in [-0.2, -0.15) is 0 Å². The van der Waals surface area contributed by atoms with Crippen LogP contribution in [0.3, 0.4) is 0 Å². The molecule has 40 heavy (non-hydrogen) atoms. The van der Waals surface area contributed by atoms with Gasteiger partial charge in [0.25, 0.3) is 0 Å². The Morgan fingerprint density at radius 1 is 1.02 bits per heavy atom. The van der Waals surface area contributed by atoms with E-state index in [1.165, 1.54) is 0 Å². The van der Waals surface area contributed by atoms with Crippen molar-refractivity contribution in [2.45, 2.75) is 57.9 Å². The van der Waals surface area contributed by atoms with E-state index in [1.54, 1.807) is 7.11 Å². The number of nitrogens with zero attached hydrogens (tertiary/aromatic N) is 2. The minimum absolute atomic E-state index is 0.0491. The minimum Gasteiger partial charge on any atom is -0.493 e. The number of likely N-dealkylation sites (tertiary alicyclic amines) is 1. The first-order valence-corrected chi connectivity index (χ1v) is 14.4. The summed E-state index contributed by atoms with van der Waals surface area (Å²) in [6.45, 7) is 6.76. The standard InChI is InChI=1S/C31H42N2O7/c1-4-6-15-32(16-7-5-2)29(34)20-33-19-23(22-12-13-27-28(18-22)40-21-39-27)30(31(35)36)24(33)14-17-38-26-11-9-8-10-25(26)37-3/h8-13,18,23-24,30H,4-7,14-17,19-21H2,1-3H3,(H,35,36)/t23-,24+,30?/m1/s1. The van der Waals surface area contributed by atoms with Crippen molar-refractivity contribution in [3.63, 3.8) is 0 Å². The predicted octanol–water partition coefficient (Wildman–Crippen LogP) is 4.79. The normalized spacial score (nSPS) is 19.9. The molecular formula is C31H42N2O7. The summed E-state index contributed by atoms with van der Waals surface area (Å²) in [5.41, 5.74) is 0.871. The maximum absolute atomic E-state index is 13.6. The molecule has 0 saturated carbocycles. The van der Waals surface area contributed by atoms with Crippen molar-refractivity contribution in [3.05, 3.63) is 48.0 Å². The van der Waals surface area contributed by atoms with Crippen molar-refractivity contribution >= 4 is 11.9 Å². The van der Waals surface area contributed by atoms with Crippen LogP contribution in [0.4, 0.5) is 0 Å². The lowest BCUT2D eigenvalue weighted by atomic mass is 9.84. The number of carboxylic acids is 1. The molecule has 9 nitrogen and oxygen atoms in total. The van der Waals surface area contributed by atoms with Crippen molar-refractivity contribution in [2.75, 3.05) is 46.7 Å². The zero-order valence-electron chi connectivity index (χ0n) is 23.8. The molecular weight excluding hydrogens is 512 g/mol. The fourth-order valence-corrected chi connectivity index (χ4v) is 5.69. The van der Waals surface area contributed by atoms with E-state index >= 15 is 0 Å². The smallest absolute Gasteiger partial charge is 0.308 e. The minimum atomic E-state index is -0.881. The second kappa shape index (κ2) is 14.3. The number of unbranched alkanes of at least 4 members (excludes halogenated alkanes) is 2. The number of methoxy groups -OCH3 is 1. The molecule has 3 atom stereocenters. The molecule has 218 valence electrons. The second-order valence-corrected chi connectivity index (χ2v) is 10.5. The highest BCUT2D eigenvalue weighted by Crippen LogP contribution is 2.43. The number of hydrogen-bond acceptors (Lipinski definition) is 7. The highest BCUT2D eigenvalue weighted by Gasteiger charge is 2.47. The lowest BCUT2D eigenvalue weighted by Crippen LogP contribution is -2.45. The lowest BCUT2D eigenvalue weighted by molar-refractivity contribution is -0.144. The van der Waals surface area contributed by atoms with Crippen molar-refractivity contribution in [2.24, 2.45) is 5.92 Å². The molecule has 0 bridgehead atoms. The summed E-state index contributed by atoms with van der Waals surface area (Å²) < 4.78 is 22.5. The molecule has 0 aliphatic carbocycles. The molecule has 0 radical (unpaired) electrons. The molecule has 2 aliphatic heterocycles. The van der Waals surface area contributed by atoms with Crippen LogP contribution < -0.4 is 18.9 Å². The molecule has 1 saturated heterocycles. The molecule has 2 aliphatic rings. The van der Waals surface area contributed by atoms with Crippen LogP contribution in [-0.4, -0.2) is 79.5 Å². The molecule has 2 heterocycles. The van der Waals surface area contributed by atoms with Crippen molar-refractivity contribution in [1.82, 2.24) is 9.80 Å². The van der Waals surface area contributed by atoms with Crippen molar-refractivity contribution < 1.29 is 33.6 Å². The number of para-hydroxylation sites is 2. The number of carbonyl (C=O) groups is 2. The van der Waals surface area contributed by atoms with Crippen LogP contribution in [-0.2, 0) is 9.59 Å². The zero-order valence-corrected chi connectivity index (χ0v) is 23.8. The van der Waals surface area contributed by atoms with E-state index in [0.717, 1.165) is 44.3 Å². The average Bonchev–Trinajstić information content (AvgIpc) is 3.57. The van der Waals surface area contributed by atoms with Crippen LogP contribution in [0.1, 0.15) is 57.4 Å². The number of benzene rings is 2. The van der Waals surface area contributed by atoms with E-state index in [-0.39, 0.29) is 31.2 Å². The van der Waals surface area contributed by atoms with Crippen LogP contribution in [0.2, 0.25) is 0 Å². The van der Waals surface area contributed by atoms with Gasteiger partial charge >= 0.3 is 5.97 Å². The van der Waals surface area contributed by atoms with E-state index in [9.17, 15) is 14.7 Å². The van der Waals surface area contributed by atoms with Gasteiger partial charge in [0, 0.05) is 31.6 Å². The maximum Gasteiger partial charge on any atom is 0.308 e. The number of carboxylic acid groups (broad SMARTS) is 1. The third-order valence-corrected chi connectivity index (χ3v) is 7.85. The third kappa shape index (κ3) is 6.99. The summed E-state index contributed by atoms with van der Waals surface area (Å²) in [4.78, 5) is 30.3. The van der Waals surface area contributed by atoms with Crippen LogP contribution in [0.5, 0.6) is 23.0 Å².